The van der Waals surface area contributed by atoms with Crippen LogP contribution in [-0.2, 0) is 9.53 Å². The summed E-state index contributed by atoms with van der Waals surface area (Å²) < 4.78 is 5.06. The van der Waals surface area contributed by atoms with E-state index in [4.69, 9.17) is 10.5 Å². The SMILES string of the molecule is CCCCCCCCC(=O)NC(CCN)COC. The topological polar surface area (TPSA) is 64.4 Å². The van der Waals surface area contributed by atoms with Crippen LogP contribution < -0.4 is 11.1 Å². The summed E-state index contributed by atoms with van der Waals surface area (Å²) >= 11 is 0. The lowest BCUT2D eigenvalue weighted by Gasteiger charge is -2.16. The Morgan fingerprint density at radius 3 is 2.50 bits per heavy atom. The Balaban J connectivity index is 3.55. The van der Waals surface area contributed by atoms with Crippen molar-refractivity contribution < 1.29 is 9.53 Å². The first-order valence-electron chi connectivity index (χ1n) is 7.23. The van der Waals surface area contributed by atoms with Gasteiger partial charge in [-0.15, -0.1) is 0 Å². The Labute approximate surface area is 112 Å². The Morgan fingerprint density at radius 1 is 1.22 bits per heavy atom. The van der Waals surface area contributed by atoms with Crippen LogP contribution in [0.15, 0.2) is 0 Å². The highest BCUT2D eigenvalue weighted by molar-refractivity contribution is 5.76. The van der Waals surface area contributed by atoms with Crippen molar-refractivity contribution in [1.29, 1.82) is 0 Å². The molecule has 18 heavy (non-hydrogen) atoms. The first-order chi connectivity index (χ1) is 8.74. The first kappa shape index (κ1) is 17.4. The highest BCUT2D eigenvalue weighted by atomic mass is 16.5. The number of rotatable bonds is 12. The Kier molecular flexibility index (Phi) is 12.4. The van der Waals surface area contributed by atoms with Crippen molar-refractivity contribution in [2.75, 3.05) is 20.3 Å². The van der Waals surface area contributed by atoms with Crippen molar-refractivity contribution in [3.05, 3.63) is 0 Å². The maximum Gasteiger partial charge on any atom is 0.220 e. The third-order valence-corrected chi connectivity index (χ3v) is 3.01. The molecule has 1 unspecified atom stereocenters. The molecule has 0 aromatic rings. The molecule has 3 N–H and O–H groups in total. The molecule has 0 aliphatic heterocycles. The summed E-state index contributed by atoms with van der Waals surface area (Å²) in [5.74, 6) is 0.126. The second kappa shape index (κ2) is 12.8. The molecule has 0 aromatic heterocycles. The molecule has 0 saturated heterocycles. The van der Waals surface area contributed by atoms with E-state index in [1.54, 1.807) is 7.11 Å². The van der Waals surface area contributed by atoms with Gasteiger partial charge in [0.25, 0.3) is 0 Å². The molecule has 0 heterocycles. The van der Waals surface area contributed by atoms with Crippen molar-refractivity contribution in [1.82, 2.24) is 5.32 Å². The predicted molar refractivity (Wildman–Crippen MR) is 75.5 cm³/mol. The lowest BCUT2D eigenvalue weighted by atomic mass is 10.1. The Morgan fingerprint density at radius 2 is 1.89 bits per heavy atom. The second-order valence-corrected chi connectivity index (χ2v) is 4.81. The van der Waals surface area contributed by atoms with Gasteiger partial charge in [0.15, 0.2) is 0 Å². The minimum Gasteiger partial charge on any atom is -0.383 e. The molecule has 4 nitrogen and oxygen atoms in total. The van der Waals surface area contributed by atoms with Gasteiger partial charge in [-0.25, -0.2) is 0 Å². The van der Waals surface area contributed by atoms with E-state index < -0.39 is 0 Å². The maximum atomic E-state index is 11.7. The summed E-state index contributed by atoms with van der Waals surface area (Å²) in [6.07, 6.45) is 8.63. The van der Waals surface area contributed by atoms with Gasteiger partial charge in [-0.3, -0.25) is 4.79 Å². The molecule has 1 amide bonds. The van der Waals surface area contributed by atoms with Crippen LogP contribution in [0, 0.1) is 0 Å². The van der Waals surface area contributed by atoms with Crippen LogP contribution in [-0.4, -0.2) is 32.2 Å². The zero-order valence-corrected chi connectivity index (χ0v) is 12.0. The molecule has 4 heteroatoms. The van der Waals surface area contributed by atoms with Crippen LogP contribution in [0.1, 0.15) is 58.3 Å². The molecule has 0 aliphatic carbocycles. The van der Waals surface area contributed by atoms with Crippen molar-refractivity contribution in [3.63, 3.8) is 0 Å². The number of nitrogens with two attached hydrogens (primary N) is 1. The number of carbonyl (C=O) groups is 1. The van der Waals surface area contributed by atoms with Gasteiger partial charge in [-0.2, -0.15) is 0 Å². The minimum absolute atomic E-state index is 0.0626. The zero-order chi connectivity index (χ0) is 13.6. The number of carbonyl (C=O) groups excluding carboxylic acids is 1. The quantitative estimate of drug-likeness (QED) is 0.528. The lowest BCUT2D eigenvalue weighted by Crippen LogP contribution is -2.39. The van der Waals surface area contributed by atoms with Gasteiger partial charge in [0.2, 0.25) is 5.91 Å². The molecule has 0 rings (SSSR count). The number of hydrogen-bond acceptors (Lipinski definition) is 3. The van der Waals surface area contributed by atoms with Crippen molar-refractivity contribution in [2.45, 2.75) is 64.3 Å². The smallest absolute Gasteiger partial charge is 0.220 e. The van der Waals surface area contributed by atoms with Gasteiger partial charge in [-0.05, 0) is 19.4 Å². The molecule has 108 valence electrons. The Hall–Kier alpha value is -0.610. The van der Waals surface area contributed by atoms with Gasteiger partial charge < -0.3 is 15.8 Å². The van der Waals surface area contributed by atoms with Crippen LogP contribution in [0.25, 0.3) is 0 Å². The summed E-state index contributed by atoms with van der Waals surface area (Å²) in [5, 5.41) is 2.98. The van der Waals surface area contributed by atoms with Gasteiger partial charge in [0, 0.05) is 13.5 Å². The van der Waals surface area contributed by atoms with Crippen LogP contribution >= 0.6 is 0 Å². The monoisotopic (exact) mass is 258 g/mol. The van der Waals surface area contributed by atoms with E-state index in [1.807, 2.05) is 0 Å². The lowest BCUT2D eigenvalue weighted by molar-refractivity contribution is -0.122. The molecule has 0 bridgehead atoms. The Bertz CT molecular complexity index is 192. The molecule has 0 fully saturated rings. The third-order valence-electron chi connectivity index (χ3n) is 3.01. The fourth-order valence-corrected chi connectivity index (χ4v) is 1.97. The molecule has 0 aliphatic rings. The van der Waals surface area contributed by atoms with Gasteiger partial charge in [0.05, 0.1) is 12.6 Å². The summed E-state index contributed by atoms with van der Waals surface area (Å²) in [7, 11) is 1.64. The fourth-order valence-electron chi connectivity index (χ4n) is 1.97. The average Bonchev–Trinajstić information content (AvgIpc) is 2.34. The number of amides is 1. The van der Waals surface area contributed by atoms with E-state index in [9.17, 15) is 4.79 Å². The van der Waals surface area contributed by atoms with E-state index in [0.717, 1.165) is 19.3 Å². The maximum absolute atomic E-state index is 11.7. The van der Waals surface area contributed by atoms with E-state index in [2.05, 4.69) is 12.2 Å². The molecular weight excluding hydrogens is 228 g/mol. The number of nitrogens with one attached hydrogen (secondary N) is 1. The van der Waals surface area contributed by atoms with Crippen LogP contribution in [0.3, 0.4) is 0 Å². The largest absolute Gasteiger partial charge is 0.383 e. The highest BCUT2D eigenvalue weighted by Crippen LogP contribution is 2.07. The van der Waals surface area contributed by atoms with Crippen molar-refractivity contribution >= 4 is 5.91 Å². The van der Waals surface area contributed by atoms with Crippen molar-refractivity contribution in [2.24, 2.45) is 5.73 Å². The number of unbranched alkanes of at least 4 members (excludes halogenated alkanes) is 5. The zero-order valence-electron chi connectivity index (χ0n) is 12.0. The molecule has 1 atom stereocenters. The average molecular weight is 258 g/mol. The first-order valence-corrected chi connectivity index (χ1v) is 7.23. The number of hydrogen-bond donors (Lipinski definition) is 2. The van der Waals surface area contributed by atoms with E-state index in [0.29, 0.717) is 19.6 Å². The summed E-state index contributed by atoms with van der Waals surface area (Å²) in [5.41, 5.74) is 5.50. The van der Waals surface area contributed by atoms with Crippen molar-refractivity contribution in [3.8, 4) is 0 Å². The van der Waals surface area contributed by atoms with E-state index >= 15 is 0 Å². The van der Waals surface area contributed by atoms with Crippen LogP contribution in [0.4, 0.5) is 0 Å². The molecular formula is C14H30N2O2. The van der Waals surface area contributed by atoms with E-state index in [1.165, 1.54) is 25.7 Å². The number of methoxy groups -OCH3 is 1. The summed E-state index contributed by atoms with van der Waals surface area (Å²) in [6, 6.07) is 0.0626. The third kappa shape index (κ3) is 10.5. The highest BCUT2D eigenvalue weighted by Gasteiger charge is 2.10. The predicted octanol–water partition coefficient (Wildman–Crippen LogP) is 2.22. The van der Waals surface area contributed by atoms with Gasteiger partial charge in [-0.1, -0.05) is 39.0 Å². The van der Waals surface area contributed by atoms with Crippen LogP contribution in [0.5, 0.6) is 0 Å². The summed E-state index contributed by atoms with van der Waals surface area (Å²) in [4.78, 5) is 11.7. The normalized spacial score (nSPS) is 12.4. The molecule has 0 spiro atoms. The van der Waals surface area contributed by atoms with E-state index in [-0.39, 0.29) is 11.9 Å². The molecule has 0 radical (unpaired) electrons. The minimum atomic E-state index is 0.0626. The van der Waals surface area contributed by atoms with Gasteiger partial charge >= 0.3 is 0 Å². The molecule has 0 aromatic carbocycles. The van der Waals surface area contributed by atoms with Gasteiger partial charge in [0.1, 0.15) is 0 Å². The van der Waals surface area contributed by atoms with Crippen LogP contribution in [0.2, 0.25) is 0 Å². The standard InChI is InChI=1S/C14H30N2O2/c1-3-4-5-6-7-8-9-14(17)16-13(10-11-15)12-18-2/h13H,3-12,15H2,1-2H3,(H,16,17). The second-order valence-electron chi connectivity index (χ2n) is 4.81. The number of ether oxygens (including phenoxy) is 1. The summed E-state index contributed by atoms with van der Waals surface area (Å²) in [6.45, 7) is 3.32. The fraction of sp³-hybridized carbons (Fsp3) is 0.929. The molecule has 0 saturated carbocycles.